The number of hydrogen-bond acceptors (Lipinski definition) is 3. The molecule has 0 saturated heterocycles. The van der Waals surface area contributed by atoms with Gasteiger partial charge in [0, 0.05) is 18.6 Å². The van der Waals surface area contributed by atoms with Crippen LogP contribution < -0.4 is 11.4 Å². The van der Waals surface area contributed by atoms with Crippen molar-refractivity contribution in [3.8, 4) is 0 Å². The molecular formula is C7H10ClN3O. The third-order valence-corrected chi connectivity index (χ3v) is 1.76. The summed E-state index contributed by atoms with van der Waals surface area (Å²) in [6.45, 7) is 0.530. The lowest BCUT2D eigenvalue weighted by molar-refractivity contribution is 0.647. The van der Waals surface area contributed by atoms with Crippen LogP contribution in [0, 0.1) is 0 Å². The van der Waals surface area contributed by atoms with Gasteiger partial charge in [0.05, 0.1) is 0 Å². The Bertz CT molecular complexity index is 310. The second-order valence-corrected chi connectivity index (χ2v) is 2.72. The first-order valence-corrected chi connectivity index (χ1v) is 4.16. The molecule has 1 aromatic rings. The molecule has 0 aliphatic heterocycles. The van der Waals surface area contributed by atoms with Gasteiger partial charge in [-0.05, 0) is 12.5 Å². The van der Waals surface area contributed by atoms with E-state index in [9.17, 15) is 4.79 Å². The SMILES string of the molecule is Nc1ccnc(=O)n1CCCCl. The van der Waals surface area contributed by atoms with E-state index in [1.807, 2.05) is 0 Å². The fourth-order valence-electron chi connectivity index (χ4n) is 0.890. The van der Waals surface area contributed by atoms with Crippen LogP contribution in [-0.4, -0.2) is 15.4 Å². The van der Waals surface area contributed by atoms with Crippen molar-refractivity contribution in [1.29, 1.82) is 0 Å². The monoisotopic (exact) mass is 187 g/mol. The summed E-state index contributed by atoms with van der Waals surface area (Å²) in [6, 6.07) is 1.59. The van der Waals surface area contributed by atoms with Gasteiger partial charge in [-0.3, -0.25) is 4.57 Å². The first-order valence-electron chi connectivity index (χ1n) is 3.63. The predicted octanol–water partition coefficient (Wildman–Crippen LogP) is 0.454. The lowest BCUT2D eigenvalue weighted by atomic mass is 10.4. The summed E-state index contributed by atoms with van der Waals surface area (Å²) in [5.74, 6) is 0.945. The smallest absolute Gasteiger partial charge is 0.349 e. The molecule has 1 aromatic heterocycles. The molecular weight excluding hydrogens is 178 g/mol. The van der Waals surface area contributed by atoms with Gasteiger partial charge < -0.3 is 5.73 Å². The highest BCUT2D eigenvalue weighted by molar-refractivity contribution is 6.17. The van der Waals surface area contributed by atoms with Gasteiger partial charge in [0.1, 0.15) is 5.82 Å². The van der Waals surface area contributed by atoms with E-state index in [0.717, 1.165) is 6.42 Å². The lowest BCUT2D eigenvalue weighted by Gasteiger charge is -2.05. The molecule has 0 spiro atoms. The molecule has 0 atom stereocenters. The molecule has 4 nitrogen and oxygen atoms in total. The van der Waals surface area contributed by atoms with Gasteiger partial charge in [-0.1, -0.05) is 0 Å². The Balaban J connectivity index is 2.89. The molecule has 0 saturated carbocycles. The molecule has 0 radical (unpaired) electrons. The Labute approximate surface area is 75.0 Å². The van der Waals surface area contributed by atoms with Crippen LogP contribution in [0.3, 0.4) is 0 Å². The van der Waals surface area contributed by atoms with Crippen LogP contribution >= 0.6 is 11.6 Å². The standard InChI is InChI=1S/C7H10ClN3O/c8-3-1-5-11-6(9)2-4-10-7(11)12/h2,4H,1,3,5,9H2. The molecule has 0 aromatic carbocycles. The van der Waals surface area contributed by atoms with E-state index >= 15 is 0 Å². The number of alkyl halides is 1. The summed E-state index contributed by atoms with van der Waals surface area (Å²) in [7, 11) is 0. The van der Waals surface area contributed by atoms with Crippen molar-refractivity contribution < 1.29 is 0 Å². The molecule has 12 heavy (non-hydrogen) atoms. The van der Waals surface area contributed by atoms with E-state index in [2.05, 4.69) is 4.98 Å². The maximum Gasteiger partial charge on any atom is 0.349 e. The second-order valence-electron chi connectivity index (χ2n) is 2.35. The van der Waals surface area contributed by atoms with Crippen molar-refractivity contribution in [2.24, 2.45) is 0 Å². The van der Waals surface area contributed by atoms with Crippen LogP contribution in [0.5, 0.6) is 0 Å². The lowest BCUT2D eigenvalue weighted by Crippen LogP contribution is -2.24. The summed E-state index contributed by atoms with van der Waals surface area (Å²) in [6.07, 6.45) is 2.12. The third-order valence-electron chi connectivity index (χ3n) is 1.49. The molecule has 0 bridgehead atoms. The number of hydrogen-bond donors (Lipinski definition) is 1. The van der Waals surface area contributed by atoms with Crippen molar-refractivity contribution in [1.82, 2.24) is 9.55 Å². The van der Waals surface area contributed by atoms with Gasteiger partial charge in [0.25, 0.3) is 0 Å². The molecule has 66 valence electrons. The van der Waals surface area contributed by atoms with Gasteiger partial charge in [0.15, 0.2) is 0 Å². The number of halogens is 1. The molecule has 0 unspecified atom stereocenters. The molecule has 2 N–H and O–H groups in total. The third kappa shape index (κ3) is 1.98. The average molecular weight is 188 g/mol. The minimum absolute atomic E-state index is 0.319. The topological polar surface area (TPSA) is 60.9 Å². The minimum Gasteiger partial charge on any atom is -0.385 e. The molecule has 1 rings (SSSR count). The van der Waals surface area contributed by atoms with Crippen molar-refractivity contribution in [2.75, 3.05) is 11.6 Å². The van der Waals surface area contributed by atoms with Crippen molar-refractivity contribution in [3.63, 3.8) is 0 Å². The highest BCUT2D eigenvalue weighted by atomic mass is 35.5. The Morgan fingerprint density at radius 2 is 2.42 bits per heavy atom. The molecule has 0 aliphatic carbocycles. The number of anilines is 1. The molecule has 0 amide bonds. The van der Waals surface area contributed by atoms with Gasteiger partial charge in [-0.25, -0.2) is 9.78 Å². The van der Waals surface area contributed by atoms with Crippen molar-refractivity contribution in [2.45, 2.75) is 13.0 Å². The fraction of sp³-hybridized carbons (Fsp3) is 0.429. The maximum absolute atomic E-state index is 11.1. The zero-order chi connectivity index (χ0) is 8.97. The van der Waals surface area contributed by atoms with E-state index in [4.69, 9.17) is 17.3 Å². The van der Waals surface area contributed by atoms with E-state index in [-0.39, 0.29) is 5.69 Å². The van der Waals surface area contributed by atoms with E-state index in [1.54, 1.807) is 6.07 Å². The van der Waals surface area contributed by atoms with Crippen LogP contribution in [0.25, 0.3) is 0 Å². The minimum atomic E-state index is -0.319. The van der Waals surface area contributed by atoms with Gasteiger partial charge in [-0.2, -0.15) is 0 Å². The number of aromatic nitrogens is 2. The van der Waals surface area contributed by atoms with Gasteiger partial charge in [-0.15, -0.1) is 11.6 Å². The zero-order valence-corrected chi connectivity index (χ0v) is 7.29. The molecule has 1 heterocycles. The number of nitrogens with two attached hydrogens (primary N) is 1. The molecule has 5 heteroatoms. The molecule has 0 fully saturated rings. The van der Waals surface area contributed by atoms with Crippen LogP contribution in [0.2, 0.25) is 0 Å². The number of rotatable bonds is 3. The summed E-state index contributed by atoms with van der Waals surface area (Å²) < 4.78 is 1.41. The first-order chi connectivity index (χ1) is 5.75. The Hall–Kier alpha value is -1.03. The van der Waals surface area contributed by atoms with E-state index in [0.29, 0.717) is 18.2 Å². The largest absolute Gasteiger partial charge is 0.385 e. The summed E-state index contributed by atoms with van der Waals surface area (Å²) >= 11 is 5.48. The van der Waals surface area contributed by atoms with Crippen LogP contribution in [0.15, 0.2) is 17.1 Å². The van der Waals surface area contributed by atoms with Gasteiger partial charge in [0.2, 0.25) is 0 Å². The second kappa shape index (κ2) is 4.11. The highest BCUT2D eigenvalue weighted by Crippen LogP contribution is 1.97. The quantitative estimate of drug-likeness (QED) is 0.700. The Kier molecular flexibility index (Phi) is 3.10. The van der Waals surface area contributed by atoms with Crippen molar-refractivity contribution in [3.05, 3.63) is 22.7 Å². The normalized spacial score (nSPS) is 10.1. The Morgan fingerprint density at radius 1 is 1.67 bits per heavy atom. The fourth-order valence-corrected chi connectivity index (χ4v) is 1.01. The van der Waals surface area contributed by atoms with E-state index in [1.165, 1.54) is 10.8 Å². The Morgan fingerprint density at radius 3 is 3.00 bits per heavy atom. The summed E-state index contributed by atoms with van der Waals surface area (Å²) in [4.78, 5) is 14.7. The van der Waals surface area contributed by atoms with Crippen LogP contribution in [0.1, 0.15) is 6.42 Å². The van der Waals surface area contributed by atoms with Crippen molar-refractivity contribution >= 4 is 17.4 Å². The molecule has 0 aliphatic rings. The maximum atomic E-state index is 11.1. The number of nitrogen functional groups attached to an aromatic ring is 1. The van der Waals surface area contributed by atoms with Crippen LogP contribution in [-0.2, 0) is 6.54 Å². The first kappa shape index (κ1) is 9.06. The average Bonchev–Trinajstić information content (AvgIpc) is 2.04. The summed E-state index contributed by atoms with van der Waals surface area (Å²) in [5.41, 5.74) is 5.22. The highest BCUT2D eigenvalue weighted by Gasteiger charge is 1.98. The van der Waals surface area contributed by atoms with Crippen LogP contribution in [0.4, 0.5) is 5.82 Å². The predicted molar refractivity (Wildman–Crippen MR) is 48.2 cm³/mol. The number of nitrogens with zero attached hydrogens (tertiary/aromatic N) is 2. The summed E-state index contributed by atoms with van der Waals surface area (Å²) in [5, 5.41) is 0. The van der Waals surface area contributed by atoms with Gasteiger partial charge >= 0.3 is 5.69 Å². The zero-order valence-electron chi connectivity index (χ0n) is 6.53. The van der Waals surface area contributed by atoms with E-state index < -0.39 is 0 Å².